The molecule has 2 amide bonds. The lowest BCUT2D eigenvalue weighted by Crippen LogP contribution is -2.42. The Morgan fingerprint density at radius 1 is 1.24 bits per heavy atom. The minimum atomic E-state index is -0.586. The van der Waals surface area contributed by atoms with Crippen LogP contribution in [0.3, 0.4) is 0 Å². The van der Waals surface area contributed by atoms with Crippen LogP contribution in [-0.4, -0.2) is 41.0 Å². The maximum atomic E-state index is 12.1. The van der Waals surface area contributed by atoms with Crippen LogP contribution in [0.1, 0.15) is 41.2 Å². The van der Waals surface area contributed by atoms with E-state index in [1.165, 1.54) is 12.2 Å². The van der Waals surface area contributed by atoms with E-state index in [-0.39, 0.29) is 11.8 Å². The molecule has 2 aliphatic heterocycles. The number of imide groups is 1. The Bertz CT molecular complexity index is 1380. The highest BCUT2D eigenvalue weighted by Crippen LogP contribution is 2.44. The molecule has 0 radical (unpaired) electrons. The highest BCUT2D eigenvalue weighted by Gasteiger charge is 2.36. The summed E-state index contributed by atoms with van der Waals surface area (Å²) in [6.07, 6.45) is 5.63. The van der Waals surface area contributed by atoms with Crippen LogP contribution in [0.4, 0.5) is 4.79 Å². The Morgan fingerprint density at radius 3 is 2.66 bits per heavy atom. The van der Waals surface area contributed by atoms with Crippen LogP contribution in [0.25, 0.3) is 6.08 Å². The first-order valence-electron chi connectivity index (χ1n) is 12.0. The summed E-state index contributed by atoms with van der Waals surface area (Å²) in [4.78, 5) is 35.7. The summed E-state index contributed by atoms with van der Waals surface area (Å²) in [7, 11) is 0. The lowest BCUT2D eigenvalue weighted by Gasteiger charge is -2.38. The molecule has 2 heterocycles. The molecule has 1 atom stereocenters. The number of halogens is 1. The van der Waals surface area contributed by atoms with Gasteiger partial charge in [0.15, 0.2) is 0 Å². The van der Waals surface area contributed by atoms with E-state index in [9.17, 15) is 14.4 Å². The molecule has 0 aromatic heterocycles. The van der Waals surface area contributed by atoms with E-state index in [4.69, 9.17) is 19.3 Å². The normalized spacial score (nSPS) is 19.9. The Balaban J connectivity index is 1.48. The second-order valence-corrected chi connectivity index (χ2v) is 11.3. The number of ether oxygens (including phenoxy) is 3. The number of hydrogen-bond acceptors (Lipinski definition) is 8. The van der Waals surface area contributed by atoms with E-state index >= 15 is 0 Å². The van der Waals surface area contributed by atoms with E-state index in [1.807, 2.05) is 39.8 Å². The van der Waals surface area contributed by atoms with Crippen LogP contribution in [0, 0.1) is 20.8 Å². The molecule has 10 heteroatoms. The standard InChI is InChI=1S/C28H28BrNO7S/c1-15-16(2)25-19(17(3)24(15)36-23(32)6-5-11-31)9-10-28(4,37-25)14-35-21-8-7-18(12-20(21)29)13-22-26(33)30-27(34)38-22/h5-8,12-13,31H,9-11,14H2,1-4H3,(H,30,33,34)/b6-5+,22-13-. The summed E-state index contributed by atoms with van der Waals surface area (Å²) in [5.41, 5.74) is 3.76. The number of esters is 1. The monoisotopic (exact) mass is 601 g/mol. The van der Waals surface area contributed by atoms with Crippen LogP contribution >= 0.6 is 27.7 Å². The molecule has 2 aliphatic rings. The summed E-state index contributed by atoms with van der Waals surface area (Å²) < 4.78 is 19.0. The predicted octanol–water partition coefficient (Wildman–Crippen LogP) is 5.31. The maximum absolute atomic E-state index is 12.1. The lowest BCUT2D eigenvalue weighted by atomic mass is 9.87. The summed E-state index contributed by atoms with van der Waals surface area (Å²) in [5.74, 6) is 1.000. The first-order chi connectivity index (χ1) is 18.0. The number of hydrogen-bond donors (Lipinski definition) is 2. The molecule has 8 nitrogen and oxygen atoms in total. The van der Waals surface area contributed by atoms with Crippen molar-refractivity contribution in [2.75, 3.05) is 13.2 Å². The van der Waals surface area contributed by atoms with Crippen molar-refractivity contribution >= 4 is 50.9 Å². The molecule has 0 aliphatic carbocycles. The molecule has 0 saturated carbocycles. The van der Waals surface area contributed by atoms with Crippen molar-refractivity contribution in [2.45, 2.75) is 46.1 Å². The third kappa shape index (κ3) is 5.98. The molecule has 2 aromatic carbocycles. The van der Waals surface area contributed by atoms with Gasteiger partial charge in [-0.15, -0.1) is 0 Å². The second kappa shape index (κ2) is 11.3. The largest absolute Gasteiger partial charge is 0.488 e. The average molecular weight is 603 g/mol. The minimum Gasteiger partial charge on any atom is -0.488 e. The van der Waals surface area contributed by atoms with Gasteiger partial charge in [0.05, 0.1) is 16.0 Å². The fourth-order valence-electron chi connectivity index (χ4n) is 4.35. The SMILES string of the molecule is Cc1c(C)c2c(c(C)c1OC(=O)/C=C/CO)CCC(C)(COc1ccc(/C=C3\SC(=O)NC3=O)cc1Br)O2. The molecular formula is C28H28BrNO7S. The van der Waals surface area contributed by atoms with Gasteiger partial charge in [-0.25, -0.2) is 4.79 Å². The Labute approximate surface area is 233 Å². The zero-order valence-corrected chi connectivity index (χ0v) is 23.9. The Kier molecular flexibility index (Phi) is 8.34. The molecule has 0 bridgehead atoms. The molecule has 2 N–H and O–H groups in total. The van der Waals surface area contributed by atoms with Gasteiger partial charge in [-0.1, -0.05) is 12.1 Å². The zero-order valence-electron chi connectivity index (χ0n) is 21.5. The lowest BCUT2D eigenvalue weighted by molar-refractivity contribution is -0.129. The fraction of sp³-hybridized carbons (Fsp3) is 0.321. The van der Waals surface area contributed by atoms with E-state index in [0.29, 0.717) is 33.9 Å². The Morgan fingerprint density at radius 2 is 2.00 bits per heavy atom. The van der Waals surface area contributed by atoms with E-state index in [2.05, 4.69) is 21.2 Å². The number of rotatable bonds is 7. The van der Waals surface area contributed by atoms with E-state index < -0.39 is 17.5 Å². The van der Waals surface area contributed by atoms with E-state index in [0.717, 1.165) is 51.7 Å². The smallest absolute Gasteiger partial charge is 0.335 e. The molecule has 200 valence electrons. The summed E-state index contributed by atoms with van der Waals surface area (Å²) in [6.45, 7) is 7.84. The van der Waals surface area contributed by atoms with Gasteiger partial charge < -0.3 is 19.3 Å². The van der Waals surface area contributed by atoms with Crippen molar-refractivity contribution in [3.8, 4) is 17.2 Å². The van der Waals surface area contributed by atoms with Gasteiger partial charge in [-0.3, -0.25) is 14.9 Å². The molecule has 1 unspecified atom stereocenters. The van der Waals surface area contributed by atoms with Crippen molar-refractivity contribution in [3.05, 3.63) is 67.5 Å². The van der Waals surface area contributed by atoms with Gasteiger partial charge in [0.25, 0.3) is 11.1 Å². The van der Waals surface area contributed by atoms with Gasteiger partial charge in [0.2, 0.25) is 0 Å². The number of benzene rings is 2. The van der Waals surface area contributed by atoms with Crippen LogP contribution in [0.2, 0.25) is 0 Å². The Hall–Kier alpha value is -3.08. The summed E-state index contributed by atoms with van der Waals surface area (Å²) in [5, 5.41) is 10.8. The molecule has 38 heavy (non-hydrogen) atoms. The van der Waals surface area contributed by atoms with Crippen molar-refractivity contribution in [1.82, 2.24) is 5.32 Å². The fourth-order valence-corrected chi connectivity index (χ4v) is 5.54. The van der Waals surface area contributed by atoms with Gasteiger partial charge >= 0.3 is 5.97 Å². The van der Waals surface area contributed by atoms with E-state index in [1.54, 1.807) is 12.1 Å². The molecule has 1 saturated heterocycles. The van der Waals surface area contributed by atoms with Gasteiger partial charge in [0, 0.05) is 11.6 Å². The summed E-state index contributed by atoms with van der Waals surface area (Å²) in [6, 6.07) is 5.45. The topological polar surface area (TPSA) is 111 Å². The highest BCUT2D eigenvalue weighted by molar-refractivity contribution is 9.10. The van der Waals surface area contributed by atoms with Crippen molar-refractivity contribution in [3.63, 3.8) is 0 Å². The maximum Gasteiger partial charge on any atom is 0.335 e. The van der Waals surface area contributed by atoms with Gasteiger partial charge in [-0.05, 0) is 109 Å². The highest BCUT2D eigenvalue weighted by atomic mass is 79.9. The summed E-state index contributed by atoms with van der Waals surface area (Å²) >= 11 is 4.41. The van der Waals surface area contributed by atoms with Crippen molar-refractivity contribution in [1.29, 1.82) is 0 Å². The molecule has 2 aromatic rings. The van der Waals surface area contributed by atoms with Crippen LogP contribution in [0.15, 0.2) is 39.7 Å². The molecule has 4 rings (SSSR count). The van der Waals surface area contributed by atoms with Crippen LogP contribution < -0.4 is 19.5 Å². The van der Waals surface area contributed by atoms with Crippen molar-refractivity contribution < 1.29 is 33.7 Å². The molecule has 1 fully saturated rings. The van der Waals surface area contributed by atoms with Crippen LogP contribution in [-0.2, 0) is 16.0 Å². The second-order valence-electron chi connectivity index (χ2n) is 9.40. The number of nitrogens with one attached hydrogen (secondary N) is 1. The molecule has 0 spiro atoms. The number of carbonyl (C=O) groups is 3. The zero-order chi connectivity index (χ0) is 27.6. The molecular weight excluding hydrogens is 574 g/mol. The number of aliphatic hydroxyl groups excluding tert-OH is 1. The van der Waals surface area contributed by atoms with Crippen LogP contribution in [0.5, 0.6) is 17.2 Å². The first-order valence-corrected chi connectivity index (χ1v) is 13.6. The third-order valence-electron chi connectivity index (χ3n) is 6.55. The number of thioether (sulfide) groups is 1. The van der Waals surface area contributed by atoms with Gasteiger partial charge in [-0.2, -0.15) is 0 Å². The number of carbonyl (C=O) groups excluding carboxylic acids is 3. The predicted molar refractivity (Wildman–Crippen MR) is 149 cm³/mol. The number of aliphatic hydroxyl groups is 1. The number of amides is 2. The average Bonchev–Trinajstić information content (AvgIpc) is 3.19. The van der Waals surface area contributed by atoms with Crippen molar-refractivity contribution in [2.24, 2.45) is 0 Å². The number of fused-ring (bicyclic) bond motifs is 1. The third-order valence-corrected chi connectivity index (χ3v) is 7.98. The minimum absolute atomic E-state index is 0.233. The first kappa shape index (κ1) is 27.9. The van der Waals surface area contributed by atoms with Gasteiger partial charge in [0.1, 0.15) is 29.5 Å². The quantitative estimate of drug-likeness (QED) is 0.249.